The van der Waals surface area contributed by atoms with E-state index in [0.717, 1.165) is 22.4 Å². The number of aliphatic hydroxyl groups is 1. The summed E-state index contributed by atoms with van der Waals surface area (Å²) in [4.78, 5) is 21.2. The first-order chi connectivity index (χ1) is 16.4. The number of aryl methyl sites for hydroxylation is 2. The van der Waals surface area contributed by atoms with Gasteiger partial charge in [0.25, 0.3) is 0 Å². The van der Waals surface area contributed by atoms with E-state index < -0.39 is 6.10 Å². The van der Waals surface area contributed by atoms with Crippen LogP contribution in [0.25, 0.3) is 22.6 Å². The maximum absolute atomic E-state index is 11.6. The Bertz CT molecular complexity index is 1160. The van der Waals surface area contributed by atoms with Gasteiger partial charge in [-0.15, -0.1) is 0 Å². The summed E-state index contributed by atoms with van der Waals surface area (Å²) < 4.78 is 16.2. The van der Waals surface area contributed by atoms with Crippen molar-refractivity contribution in [2.24, 2.45) is 0 Å². The van der Waals surface area contributed by atoms with Crippen molar-refractivity contribution in [2.45, 2.75) is 39.3 Å². The molecule has 10 nitrogen and oxygen atoms in total. The molecule has 1 aromatic carbocycles. The number of hydrogen-bond acceptors (Lipinski definition) is 10. The van der Waals surface area contributed by atoms with Crippen LogP contribution in [0.15, 0.2) is 28.8 Å². The van der Waals surface area contributed by atoms with Crippen molar-refractivity contribution in [3.05, 3.63) is 41.3 Å². The molecule has 0 spiro atoms. The molecular formula is C24H29N5O5. The molecule has 1 aliphatic rings. The van der Waals surface area contributed by atoms with E-state index in [4.69, 9.17) is 24.0 Å². The fraction of sp³-hybridized carbons (Fsp3) is 0.417. The largest absolute Gasteiger partial charge is 0.491 e. The number of nitrogens with one attached hydrogen (secondary N) is 2. The number of anilines is 1. The van der Waals surface area contributed by atoms with Gasteiger partial charge in [-0.1, -0.05) is 17.3 Å². The van der Waals surface area contributed by atoms with Crippen molar-refractivity contribution in [3.63, 3.8) is 0 Å². The summed E-state index contributed by atoms with van der Waals surface area (Å²) in [6.45, 7) is 6.52. The van der Waals surface area contributed by atoms with Crippen LogP contribution in [-0.2, 0) is 9.53 Å². The van der Waals surface area contributed by atoms with E-state index in [1.807, 2.05) is 45.0 Å². The average molecular weight is 468 g/mol. The summed E-state index contributed by atoms with van der Waals surface area (Å²) >= 11 is 0. The molecule has 3 heterocycles. The highest BCUT2D eigenvalue weighted by Crippen LogP contribution is 2.34. The van der Waals surface area contributed by atoms with Gasteiger partial charge >= 0.3 is 5.97 Å². The van der Waals surface area contributed by atoms with E-state index in [9.17, 15) is 9.90 Å². The molecule has 34 heavy (non-hydrogen) atoms. The van der Waals surface area contributed by atoms with E-state index >= 15 is 0 Å². The number of likely N-dealkylation sites (N-methyl/N-ethyl adjacent to an activating group) is 1. The summed E-state index contributed by atoms with van der Waals surface area (Å²) in [6.07, 6.45) is -0.347. The normalized spacial score (nSPS) is 16.4. The molecule has 2 aromatic heterocycles. The van der Waals surface area contributed by atoms with Crippen LogP contribution in [0.5, 0.6) is 5.75 Å². The molecular weight excluding hydrogens is 438 g/mol. The number of carbonyl (C=O) groups excluding carboxylic acids is 1. The second-order valence-electron chi connectivity index (χ2n) is 8.35. The molecule has 1 fully saturated rings. The first-order valence-corrected chi connectivity index (χ1v) is 11.2. The first-order valence-electron chi connectivity index (χ1n) is 11.2. The Balaban J connectivity index is 1.72. The van der Waals surface area contributed by atoms with E-state index in [0.29, 0.717) is 35.4 Å². The number of hydrogen-bond donors (Lipinski definition) is 3. The van der Waals surface area contributed by atoms with Gasteiger partial charge in [0, 0.05) is 17.7 Å². The molecule has 4 rings (SSSR count). The predicted molar refractivity (Wildman–Crippen MR) is 126 cm³/mol. The molecule has 1 unspecified atom stereocenters. The van der Waals surface area contributed by atoms with Gasteiger partial charge in [-0.05, 0) is 40.0 Å². The molecule has 1 aliphatic heterocycles. The molecule has 1 saturated heterocycles. The molecule has 180 valence electrons. The topological polar surface area (TPSA) is 132 Å². The molecule has 0 bridgehead atoms. The van der Waals surface area contributed by atoms with Gasteiger partial charge in [0.15, 0.2) is 5.82 Å². The van der Waals surface area contributed by atoms with E-state index in [2.05, 4.69) is 15.8 Å². The average Bonchev–Trinajstić information content (AvgIpc) is 3.38. The SMILES string of the molecule is CNCC(O)COc1cccc(-c2nc(N[C@H]3COC(=O)C3)c(C)c(-c3c(C)noc3C)n2)c1. The molecule has 0 amide bonds. The smallest absolute Gasteiger partial charge is 0.308 e. The number of esters is 1. The molecule has 0 radical (unpaired) electrons. The van der Waals surface area contributed by atoms with Crippen LogP contribution in [-0.4, -0.2) is 65.2 Å². The maximum atomic E-state index is 11.6. The fourth-order valence-electron chi connectivity index (χ4n) is 3.86. The maximum Gasteiger partial charge on any atom is 0.308 e. The zero-order valence-electron chi connectivity index (χ0n) is 19.7. The van der Waals surface area contributed by atoms with Crippen LogP contribution in [0.3, 0.4) is 0 Å². The van der Waals surface area contributed by atoms with Gasteiger partial charge in [0.05, 0.1) is 29.4 Å². The zero-order chi connectivity index (χ0) is 24.2. The van der Waals surface area contributed by atoms with Crippen molar-refractivity contribution >= 4 is 11.8 Å². The third kappa shape index (κ3) is 5.18. The summed E-state index contributed by atoms with van der Waals surface area (Å²) in [6, 6.07) is 7.23. The molecule has 3 aromatic rings. The number of nitrogens with zero attached hydrogens (tertiary/aromatic N) is 3. The van der Waals surface area contributed by atoms with Crippen LogP contribution in [0.1, 0.15) is 23.4 Å². The minimum atomic E-state index is -0.623. The standard InChI is InChI=1S/C24H29N5O5/c1-13-22(21-14(2)29-34-15(21)3)27-24(28-23(13)26-17-9-20(31)33-11-17)16-6-5-7-19(8-16)32-12-18(30)10-25-4/h5-8,17-18,25,30H,9-12H2,1-4H3,(H,26,27,28)/t17-,18?/m1/s1. The second kappa shape index (κ2) is 10.2. The lowest BCUT2D eigenvalue weighted by atomic mass is 10.0. The van der Waals surface area contributed by atoms with Crippen LogP contribution >= 0.6 is 0 Å². The third-order valence-corrected chi connectivity index (χ3v) is 5.59. The number of benzene rings is 1. The highest BCUT2D eigenvalue weighted by Gasteiger charge is 2.26. The molecule has 0 aliphatic carbocycles. The van der Waals surface area contributed by atoms with Gasteiger partial charge in [0.2, 0.25) is 0 Å². The molecule has 3 N–H and O–H groups in total. The van der Waals surface area contributed by atoms with Crippen molar-refractivity contribution in [3.8, 4) is 28.4 Å². The van der Waals surface area contributed by atoms with Gasteiger partial charge in [-0.3, -0.25) is 4.79 Å². The van der Waals surface area contributed by atoms with E-state index in [-0.39, 0.29) is 31.6 Å². The Kier molecular flexibility index (Phi) is 7.09. The summed E-state index contributed by atoms with van der Waals surface area (Å²) in [7, 11) is 1.77. The van der Waals surface area contributed by atoms with Crippen LogP contribution in [0.2, 0.25) is 0 Å². The fourth-order valence-corrected chi connectivity index (χ4v) is 3.86. The summed E-state index contributed by atoms with van der Waals surface area (Å²) in [5.74, 6) is 2.11. The lowest BCUT2D eigenvalue weighted by molar-refractivity contribution is -0.137. The molecule has 0 saturated carbocycles. The number of cyclic esters (lactones) is 1. The number of aliphatic hydroxyl groups excluding tert-OH is 1. The lowest BCUT2D eigenvalue weighted by Gasteiger charge is -2.17. The highest BCUT2D eigenvalue weighted by atomic mass is 16.5. The van der Waals surface area contributed by atoms with E-state index in [1.54, 1.807) is 7.05 Å². The predicted octanol–water partition coefficient (Wildman–Crippen LogP) is 2.41. The van der Waals surface area contributed by atoms with Crippen molar-refractivity contribution < 1.29 is 23.9 Å². The molecule has 10 heteroatoms. The Morgan fingerprint density at radius 2 is 2.09 bits per heavy atom. The monoisotopic (exact) mass is 467 g/mol. The van der Waals surface area contributed by atoms with Crippen LogP contribution in [0.4, 0.5) is 5.82 Å². The van der Waals surface area contributed by atoms with Crippen LogP contribution in [0, 0.1) is 20.8 Å². The molecule has 2 atom stereocenters. The number of ether oxygens (including phenoxy) is 2. The lowest BCUT2D eigenvalue weighted by Crippen LogP contribution is -2.29. The Labute approximate surface area is 197 Å². The second-order valence-corrected chi connectivity index (χ2v) is 8.35. The van der Waals surface area contributed by atoms with Crippen molar-refractivity contribution in [1.29, 1.82) is 0 Å². The summed E-state index contributed by atoms with van der Waals surface area (Å²) in [5.41, 5.74) is 3.80. The quantitative estimate of drug-likeness (QED) is 0.403. The summed E-state index contributed by atoms with van der Waals surface area (Å²) in [5, 5.41) is 20.3. The number of rotatable bonds is 9. The first kappa shape index (κ1) is 23.7. The van der Waals surface area contributed by atoms with Gasteiger partial charge in [-0.2, -0.15) is 0 Å². The minimum Gasteiger partial charge on any atom is -0.491 e. The Morgan fingerprint density at radius 3 is 2.76 bits per heavy atom. The Hall–Kier alpha value is -3.50. The number of carbonyl (C=O) groups is 1. The van der Waals surface area contributed by atoms with Crippen LogP contribution < -0.4 is 15.4 Å². The van der Waals surface area contributed by atoms with Crippen molar-refractivity contribution in [1.82, 2.24) is 20.4 Å². The van der Waals surface area contributed by atoms with E-state index in [1.165, 1.54) is 0 Å². The highest BCUT2D eigenvalue weighted by molar-refractivity contribution is 5.76. The minimum absolute atomic E-state index is 0.159. The van der Waals surface area contributed by atoms with Gasteiger partial charge < -0.3 is 29.7 Å². The zero-order valence-corrected chi connectivity index (χ0v) is 19.7. The van der Waals surface area contributed by atoms with Gasteiger partial charge in [-0.25, -0.2) is 9.97 Å². The van der Waals surface area contributed by atoms with Crippen molar-refractivity contribution in [2.75, 3.05) is 32.1 Å². The Morgan fingerprint density at radius 1 is 1.26 bits per heavy atom. The van der Waals surface area contributed by atoms with Gasteiger partial charge in [0.1, 0.15) is 36.6 Å². The number of aromatic nitrogens is 3. The third-order valence-electron chi connectivity index (χ3n) is 5.59.